The number of para-hydroxylation sites is 1. The zero-order valence-corrected chi connectivity index (χ0v) is 14.5. The number of nitrogens with zero attached hydrogens (tertiary/aromatic N) is 1. The lowest BCUT2D eigenvalue weighted by Gasteiger charge is -2.35. The summed E-state index contributed by atoms with van der Waals surface area (Å²) in [4.78, 5) is 15.0. The third kappa shape index (κ3) is 2.32. The third-order valence-corrected chi connectivity index (χ3v) is 7.55. The standard InChI is InChI=1S/C18H23NO3S/c1-12-10-19(11-13(2)23(12)21)17(20)15-9-18(15)7-8-22-16-6-4-3-5-14(16)18/h3-6,12-13,15H,7-11H2,1-2H3/t12?,13?,15-,18-,23?/m0/s1. The van der Waals surface area contributed by atoms with Crippen LogP contribution in [0, 0.1) is 5.92 Å². The Morgan fingerprint density at radius 2 is 1.96 bits per heavy atom. The Morgan fingerprint density at radius 1 is 1.26 bits per heavy atom. The molecule has 4 atom stereocenters. The smallest absolute Gasteiger partial charge is 0.226 e. The topological polar surface area (TPSA) is 46.6 Å². The minimum absolute atomic E-state index is 0.0188. The summed E-state index contributed by atoms with van der Waals surface area (Å²) in [6.45, 7) is 5.91. The quantitative estimate of drug-likeness (QED) is 0.791. The van der Waals surface area contributed by atoms with Crippen LogP contribution in [-0.2, 0) is 21.0 Å². The Balaban J connectivity index is 1.56. The molecule has 2 fully saturated rings. The normalized spacial score (nSPS) is 38.8. The van der Waals surface area contributed by atoms with Gasteiger partial charge >= 0.3 is 0 Å². The first kappa shape index (κ1) is 15.2. The van der Waals surface area contributed by atoms with Gasteiger partial charge in [0.15, 0.2) is 0 Å². The van der Waals surface area contributed by atoms with Gasteiger partial charge in [-0.1, -0.05) is 18.2 Å². The highest BCUT2D eigenvalue weighted by Gasteiger charge is 2.62. The van der Waals surface area contributed by atoms with Crippen molar-refractivity contribution < 1.29 is 13.7 Å². The highest BCUT2D eigenvalue weighted by Crippen LogP contribution is 2.61. The Labute approximate surface area is 139 Å². The van der Waals surface area contributed by atoms with Crippen molar-refractivity contribution in [1.82, 2.24) is 4.90 Å². The minimum atomic E-state index is -0.823. The molecule has 2 unspecified atom stereocenters. The molecule has 0 N–H and O–H groups in total. The first-order valence-corrected chi connectivity index (χ1v) is 9.71. The van der Waals surface area contributed by atoms with E-state index in [1.165, 1.54) is 5.56 Å². The molecule has 1 saturated carbocycles. The summed E-state index contributed by atoms with van der Waals surface area (Å²) in [6.07, 6.45) is 1.85. The Hall–Kier alpha value is -1.36. The van der Waals surface area contributed by atoms with Gasteiger partial charge in [0, 0.05) is 51.3 Å². The van der Waals surface area contributed by atoms with Crippen LogP contribution in [0.25, 0.3) is 0 Å². The fraction of sp³-hybridized carbons (Fsp3) is 0.611. The molecule has 0 bridgehead atoms. The summed E-state index contributed by atoms with van der Waals surface area (Å²) in [7, 11) is -0.823. The van der Waals surface area contributed by atoms with E-state index in [4.69, 9.17) is 4.74 Å². The van der Waals surface area contributed by atoms with Crippen LogP contribution >= 0.6 is 0 Å². The number of hydrogen-bond acceptors (Lipinski definition) is 3. The second kappa shape index (κ2) is 5.33. The van der Waals surface area contributed by atoms with E-state index in [2.05, 4.69) is 6.07 Å². The largest absolute Gasteiger partial charge is 0.493 e. The fourth-order valence-electron chi connectivity index (χ4n) is 4.32. The molecule has 2 heterocycles. The molecule has 1 aliphatic carbocycles. The summed E-state index contributed by atoms with van der Waals surface area (Å²) >= 11 is 0. The summed E-state index contributed by atoms with van der Waals surface area (Å²) in [5.41, 5.74) is 1.18. The Bertz CT molecular complexity index is 662. The first-order valence-electron chi connectivity index (χ1n) is 8.43. The molecule has 2 aliphatic heterocycles. The maximum absolute atomic E-state index is 13.0. The van der Waals surface area contributed by atoms with Gasteiger partial charge in [-0.2, -0.15) is 0 Å². The lowest BCUT2D eigenvalue weighted by atomic mass is 9.87. The number of fused-ring (bicyclic) bond motifs is 2. The molecule has 0 aromatic heterocycles. The maximum atomic E-state index is 13.0. The van der Waals surface area contributed by atoms with Crippen molar-refractivity contribution in [3.8, 4) is 5.75 Å². The highest BCUT2D eigenvalue weighted by atomic mass is 32.2. The zero-order valence-electron chi connectivity index (χ0n) is 13.7. The average Bonchev–Trinajstić information content (AvgIpc) is 3.26. The molecule has 4 nitrogen and oxygen atoms in total. The van der Waals surface area contributed by atoms with E-state index in [9.17, 15) is 9.00 Å². The van der Waals surface area contributed by atoms with Gasteiger partial charge in [0.05, 0.1) is 6.61 Å². The SMILES string of the molecule is CC1CN(C(=O)[C@@H]2C[C@]23CCOc2ccccc23)CC(C)S1=O. The van der Waals surface area contributed by atoms with Crippen molar-refractivity contribution >= 4 is 16.7 Å². The van der Waals surface area contributed by atoms with Gasteiger partial charge in [0.2, 0.25) is 5.91 Å². The van der Waals surface area contributed by atoms with E-state index in [0.29, 0.717) is 19.7 Å². The molecule has 4 rings (SSSR count). The number of carbonyl (C=O) groups excluding carboxylic acids is 1. The van der Waals surface area contributed by atoms with Crippen LogP contribution in [0.1, 0.15) is 32.3 Å². The number of benzene rings is 1. The zero-order chi connectivity index (χ0) is 16.2. The predicted molar refractivity (Wildman–Crippen MR) is 90.0 cm³/mol. The monoisotopic (exact) mass is 333 g/mol. The van der Waals surface area contributed by atoms with Crippen LogP contribution in [0.3, 0.4) is 0 Å². The lowest BCUT2D eigenvalue weighted by Crippen LogP contribution is -2.50. The number of ether oxygens (including phenoxy) is 1. The molecular formula is C18H23NO3S. The first-order chi connectivity index (χ1) is 11.0. The van der Waals surface area contributed by atoms with Crippen molar-refractivity contribution in [2.75, 3.05) is 19.7 Å². The van der Waals surface area contributed by atoms with E-state index >= 15 is 0 Å². The van der Waals surface area contributed by atoms with Gasteiger partial charge in [0.25, 0.3) is 0 Å². The minimum Gasteiger partial charge on any atom is -0.493 e. The number of rotatable bonds is 1. The van der Waals surface area contributed by atoms with Gasteiger partial charge in [-0.15, -0.1) is 0 Å². The number of hydrogen-bond donors (Lipinski definition) is 0. The predicted octanol–water partition coefficient (Wildman–Crippen LogP) is 2.09. The van der Waals surface area contributed by atoms with Crippen molar-refractivity contribution in [1.29, 1.82) is 0 Å². The van der Waals surface area contributed by atoms with E-state index < -0.39 is 10.8 Å². The summed E-state index contributed by atoms with van der Waals surface area (Å²) < 4.78 is 17.8. The molecule has 1 spiro atoms. The van der Waals surface area contributed by atoms with Crippen molar-refractivity contribution in [3.63, 3.8) is 0 Å². The van der Waals surface area contributed by atoms with Crippen LogP contribution in [0.15, 0.2) is 24.3 Å². The molecule has 0 radical (unpaired) electrons. The van der Waals surface area contributed by atoms with Crippen molar-refractivity contribution in [2.45, 2.75) is 42.6 Å². The molecule has 5 heteroatoms. The summed E-state index contributed by atoms with van der Waals surface area (Å²) in [6, 6.07) is 8.13. The molecule has 1 amide bonds. The lowest BCUT2D eigenvalue weighted by molar-refractivity contribution is -0.133. The van der Waals surface area contributed by atoms with Crippen LogP contribution in [0.5, 0.6) is 5.75 Å². The van der Waals surface area contributed by atoms with E-state index in [0.717, 1.165) is 18.6 Å². The number of amides is 1. The van der Waals surface area contributed by atoms with E-state index in [1.807, 2.05) is 36.9 Å². The van der Waals surface area contributed by atoms with Gasteiger partial charge in [0.1, 0.15) is 5.75 Å². The van der Waals surface area contributed by atoms with Crippen molar-refractivity contribution in [2.24, 2.45) is 5.92 Å². The summed E-state index contributed by atoms with van der Waals surface area (Å²) in [5, 5.41) is 0.138. The Kier molecular flexibility index (Phi) is 3.52. The van der Waals surface area contributed by atoms with Crippen LogP contribution in [0.4, 0.5) is 0 Å². The second-order valence-electron chi connectivity index (χ2n) is 7.20. The van der Waals surface area contributed by atoms with E-state index in [-0.39, 0.29) is 27.7 Å². The molecule has 1 aromatic rings. The molecular weight excluding hydrogens is 310 g/mol. The fourth-order valence-corrected chi connectivity index (χ4v) is 5.77. The van der Waals surface area contributed by atoms with E-state index in [1.54, 1.807) is 0 Å². The molecule has 124 valence electrons. The van der Waals surface area contributed by atoms with Gasteiger partial charge in [-0.05, 0) is 32.8 Å². The molecule has 1 saturated heterocycles. The number of carbonyl (C=O) groups is 1. The summed E-state index contributed by atoms with van der Waals surface area (Å²) in [5.74, 6) is 1.26. The van der Waals surface area contributed by atoms with Crippen LogP contribution in [-0.4, -0.2) is 45.2 Å². The highest BCUT2D eigenvalue weighted by molar-refractivity contribution is 7.86. The van der Waals surface area contributed by atoms with Crippen LogP contribution in [0.2, 0.25) is 0 Å². The average molecular weight is 333 g/mol. The van der Waals surface area contributed by atoms with Gasteiger partial charge in [-0.25, -0.2) is 0 Å². The van der Waals surface area contributed by atoms with Crippen LogP contribution < -0.4 is 4.74 Å². The van der Waals surface area contributed by atoms with Gasteiger partial charge in [-0.3, -0.25) is 9.00 Å². The van der Waals surface area contributed by atoms with Gasteiger partial charge < -0.3 is 9.64 Å². The molecule has 1 aromatic carbocycles. The van der Waals surface area contributed by atoms with Crippen molar-refractivity contribution in [3.05, 3.63) is 29.8 Å². The Morgan fingerprint density at radius 3 is 2.70 bits per heavy atom. The molecule has 23 heavy (non-hydrogen) atoms. The molecule has 3 aliphatic rings. The second-order valence-corrected chi connectivity index (χ2v) is 9.47. The third-order valence-electron chi connectivity index (χ3n) is 5.66. The maximum Gasteiger partial charge on any atom is 0.226 e.